The van der Waals surface area contributed by atoms with Crippen LogP contribution in [0.15, 0.2) is 18.2 Å². The summed E-state index contributed by atoms with van der Waals surface area (Å²) >= 11 is 0. The number of nitrogens with zero attached hydrogens (tertiary/aromatic N) is 1. The Labute approximate surface area is 105 Å². The fraction of sp³-hybridized carbons (Fsp3) is 0.385. The summed E-state index contributed by atoms with van der Waals surface area (Å²) in [5.74, 6) is -0.735. The van der Waals surface area contributed by atoms with Crippen molar-refractivity contribution in [1.29, 1.82) is 0 Å². The first-order chi connectivity index (χ1) is 8.56. The number of fused-ring (bicyclic) bond motifs is 1. The first-order valence-electron chi connectivity index (χ1n) is 5.79. The Kier molecular flexibility index (Phi) is 3.34. The van der Waals surface area contributed by atoms with Gasteiger partial charge in [-0.25, -0.2) is 4.79 Å². The third-order valence-corrected chi connectivity index (χ3v) is 3.06. The molecule has 18 heavy (non-hydrogen) atoms. The van der Waals surface area contributed by atoms with Crippen molar-refractivity contribution in [3.8, 4) is 0 Å². The van der Waals surface area contributed by atoms with Crippen molar-refractivity contribution in [3.63, 3.8) is 0 Å². The summed E-state index contributed by atoms with van der Waals surface area (Å²) in [4.78, 5) is 24.7. The van der Waals surface area contributed by atoms with Crippen LogP contribution in [0.2, 0.25) is 0 Å². The molecule has 5 nitrogen and oxygen atoms in total. The van der Waals surface area contributed by atoms with E-state index in [4.69, 9.17) is 4.74 Å². The molecule has 96 valence electrons. The number of hydrogen-bond acceptors (Lipinski definition) is 4. The van der Waals surface area contributed by atoms with E-state index in [1.54, 1.807) is 32.2 Å². The molecule has 0 aliphatic carbocycles. The van der Waals surface area contributed by atoms with Crippen molar-refractivity contribution in [2.75, 3.05) is 18.6 Å². The standard InChI is InChI=1S/C13H15NO4/c1-3-18-13(17)12(16)8-5-4-6-10-9(8)7-11(15)14(10)2/h4-6,12,16H,3,7H2,1-2H3. The lowest BCUT2D eigenvalue weighted by Gasteiger charge is -2.14. The van der Waals surface area contributed by atoms with Crippen molar-refractivity contribution in [2.24, 2.45) is 0 Å². The molecule has 1 aliphatic heterocycles. The van der Waals surface area contributed by atoms with Crippen molar-refractivity contribution in [2.45, 2.75) is 19.4 Å². The zero-order valence-electron chi connectivity index (χ0n) is 10.3. The van der Waals surface area contributed by atoms with Gasteiger partial charge in [0.05, 0.1) is 13.0 Å². The highest BCUT2D eigenvalue weighted by Crippen LogP contribution is 2.33. The first-order valence-corrected chi connectivity index (χ1v) is 5.79. The van der Waals surface area contributed by atoms with Gasteiger partial charge in [0.25, 0.3) is 0 Å². The number of rotatable bonds is 3. The Hall–Kier alpha value is -1.88. The highest BCUT2D eigenvalue weighted by molar-refractivity contribution is 6.01. The van der Waals surface area contributed by atoms with E-state index in [1.807, 2.05) is 0 Å². The number of anilines is 1. The molecule has 0 aromatic heterocycles. The maximum absolute atomic E-state index is 11.6. The second kappa shape index (κ2) is 4.78. The third kappa shape index (κ3) is 1.97. The number of amides is 1. The van der Waals surface area contributed by atoms with Crippen LogP contribution in [0.5, 0.6) is 0 Å². The minimum atomic E-state index is -1.33. The molecule has 1 unspecified atom stereocenters. The van der Waals surface area contributed by atoms with E-state index in [-0.39, 0.29) is 18.9 Å². The van der Waals surface area contributed by atoms with Gasteiger partial charge in [0, 0.05) is 12.7 Å². The van der Waals surface area contributed by atoms with Crippen LogP contribution >= 0.6 is 0 Å². The van der Waals surface area contributed by atoms with Crippen LogP contribution in [-0.4, -0.2) is 30.6 Å². The van der Waals surface area contributed by atoms with Crippen molar-refractivity contribution in [1.82, 2.24) is 0 Å². The van der Waals surface area contributed by atoms with Crippen LogP contribution in [0, 0.1) is 0 Å². The molecule has 1 aromatic rings. The average Bonchev–Trinajstić information content (AvgIpc) is 2.65. The van der Waals surface area contributed by atoms with Gasteiger partial charge in [-0.2, -0.15) is 0 Å². The van der Waals surface area contributed by atoms with E-state index in [9.17, 15) is 14.7 Å². The predicted octanol–water partition coefficient (Wildman–Crippen LogP) is 0.802. The van der Waals surface area contributed by atoms with Crippen LogP contribution in [-0.2, 0) is 20.7 Å². The number of carbonyl (C=O) groups is 2. The molecule has 0 spiro atoms. The Morgan fingerprint density at radius 2 is 2.28 bits per heavy atom. The Balaban J connectivity index is 2.37. The molecular weight excluding hydrogens is 234 g/mol. The molecule has 0 bridgehead atoms. The van der Waals surface area contributed by atoms with E-state index in [0.717, 1.165) is 5.69 Å². The SMILES string of the molecule is CCOC(=O)C(O)c1cccc2c1CC(=O)N2C. The summed E-state index contributed by atoms with van der Waals surface area (Å²) in [7, 11) is 1.68. The first kappa shape index (κ1) is 12.6. The summed E-state index contributed by atoms with van der Waals surface area (Å²) in [5.41, 5.74) is 1.88. The van der Waals surface area contributed by atoms with E-state index in [0.29, 0.717) is 11.1 Å². The summed E-state index contributed by atoms with van der Waals surface area (Å²) in [6.07, 6.45) is -1.13. The fourth-order valence-electron chi connectivity index (χ4n) is 2.11. The van der Waals surface area contributed by atoms with Crippen LogP contribution in [0.3, 0.4) is 0 Å². The molecule has 0 fully saturated rings. The zero-order chi connectivity index (χ0) is 13.3. The maximum Gasteiger partial charge on any atom is 0.339 e. The molecule has 1 N–H and O–H groups in total. The Morgan fingerprint density at radius 3 is 2.94 bits per heavy atom. The van der Waals surface area contributed by atoms with Crippen LogP contribution in [0.4, 0.5) is 5.69 Å². The summed E-state index contributed by atoms with van der Waals surface area (Å²) in [6.45, 7) is 1.89. The average molecular weight is 249 g/mol. The molecule has 0 radical (unpaired) electrons. The number of carbonyl (C=O) groups excluding carboxylic acids is 2. The molecule has 0 saturated heterocycles. The highest BCUT2D eigenvalue weighted by Gasteiger charge is 2.30. The quantitative estimate of drug-likeness (QED) is 0.805. The lowest BCUT2D eigenvalue weighted by Crippen LogP contribution is -2.20. The Bertz CT molecular complexity index is 498. The topological polar surface area (TPSA) is 66.8 Å². The fourth-order valence-corrected chi connectivity index (χ4v) is 2.11. The number of hydrogen-bond donors (Lipinski definition) is 1. The number of aliphatic hydroxyl groups excluding tert-OH is 1. The second-order valence-electron chi connectivity index (χ2n) is 4.13. The molecule has 1 amide bonds. The van der Waals surface area contributed by atoms with E-state index in [1.165, 1.54) is 4.90 Å². The second-order valence-corrected chi connectivity index (χ2v) is 4.13. The van der Waals surface area contributed by atoms with Gasteiger partial charge in [0.15, 0.2) is 6.10 Å². The van der Waals surface area contributed by atoms with E-state index >= 15 is 0 Å². The lowest BCUT2D eigenvalue weighted by atomic mass is 10.00. The van der Waals surface area contributed by atoms with E-state index in [2.05, 4.69) is 0 Å². The van der Waals surface area contributed by atoms with Gasteiger partial charge in [0.2, 0.25) is 5.91 Å². The largest absolute Gasteiger partial charge is 0.464 e. The molecule has 5 heteroatoms. The van der Waals surface area contributed by atoms with Gasteiger partial charge in [-0.05, 0) is 24.1 Å². The Morgan fingerprint density at radius 1 is 1.56 bits per heavy atom. The molecule has 1 aliphatic rings. The molecule has 2 rings (SSSR count). The van der Waals surface area contributed by atoms with Gasteiger partial charge >= 0.3 is 5.97 Å². The number of esters is 1. The van der Waals surface area contributed by atoms with Crippen LogP contribution < -0.4 is 4.90 Å². The van der Waals surface area contributed by atoms with Gasteiger partial charge in [-0.15, -0.1) is 0 Å². The smallest absolute Gasteiger partial charge is 0.339 e. The number of ether oxygens (including phenoxy) is 1. The van der Waals surface area contributed by atoms with E-state index < -0.39 is 12.1 Å². The van der Waals surface area contributed by atoms with Gasteiger partial charge < -0.3 is 14.7 Å². The minimum absolute atomic E-state index is 0.0477. The summed E-state index contributed by atoms with van der Waals surface area (Å²) < 4.78 is 4.78. The number of aliphatic hydroxyl groups is 1. The molecule has 0 saturated carbocycles. The molecule has 1 aromatic carbocycles. The van der Waals surface area contributed by atoms with Gasteiger partial charge in [-0.3, -0.25) is 4.79 Å². The van der Waals surface area contributed by atoms with Crippen molar-refractivity contribution in [3.05, 3.63) is 29.3 Å². The monoisotopic (exact) mass is 249 g/mol. The molecule has 1 heterocycles. The lowest BCUT2D eigenvalue weighted by molar-refractivity contribution is -0.153. The van der Waals surface area contributed by atoms with Crippen molar-refractivity contribution >= 4 is 17.6 Å². The zero-order valence-corrected chi connectivity index (χ0v) is 10.3. The summed E-state index contributed by atoms with van der Waals surface area (Å²) in [5, 5.41) is 9.95. The number of likely N-dealkylation sites (N-methyl/N-ethyl adjacent to an activating group) is 1. The molecular formula is C13H15NO4. The highest BCUT2D eigenvalue weighted by atomic mass is 16.5. The summed E-state index contributed by atoms with van der Waals surface area (Å²) in [6, 6.07) is 5.15. The number of benzene rings is 1. The van der Waals surface area contributed by atoms with Gasteiger partial charge in [-0.1, -0.05) is 12.1 Å². The maximum atomic E-state index is 11.6. The predicted molar refractivity (Wildman–Crippen MR) is 65.1 cm³/mol. The third-order valence-electron chi connectivity index (χ3n) is 3.06. The van der Waals surface area contributed by atoms with Gasteiger partial charge in [0.1, 0.15) is 0 Å². The van der Waals surface area contributed by atoms with Crippen LogP contribution in [0.25, 0.3) is 0 Å². The van der Waals surface area contributed by atoms with Crippen LogP contribution in [0.1, 0.15) is 24.2 Å². The molecule has 1 atom stereocenters. The minimum Gasteiger partial charge on any atom is -0.464 e. The van der Waals surface area contributed by atoms with Crippen molar-refractivity contribution < 1.29 is 19.4 Å². The normalized spacial score (nSPS) is 15.5.